The fourth-order valence-electron chi connectivity index (χ4n) is 1.94. The summed E-state index contributed by atoms with van der Waals surface area (Å²) in [5.74, 6) is 1.44. The van der Waals surface area contributed by atoms with E-state index in [0.29, 0.717) is 28.6 Å². The van der Waals surface area contributed by atoms with Crippen LogP contribution in [0.15, 0.2) is 30.3 Å². The van der Waals surface area contributed by atoms with Crippen LogP contribution in [0.4, 0.5) is 11.5 Å². The molecule has 2 aromatic rings. The normalized spacial score (nSPS) is 10.1. The monoisotopic (exact) mass is 335 g/mol. The van der Waals surface area contributed by atoms with Crippen molar-refractivity contribution in [2.24, 2.45) is 0 Å². The van der Waals surface area contributed by atoms with E-state index in [1.165, 1.54) is 13.2 Å². The number of amides is 1. The number of halogens is 1. The zero-order valence-corrected chi connectivity index (χ0v) is 14.1. The average Bonchev–Trinajstić information content (AvgIpc) is 2.54. The highest BCUT2D eigenvalue weighted by Gasteiger charge is 2.13. The molecule has 1 amide bonds. The highest BCUT2D eigenvalue weighted by molar-refractivity contribution is 6.30. The topological polar surface area (TPSA) is 63.7 Å². The Bertz CT molecular complexity index is 720. The lowest BCUT2D eigenvalue weighted by molar-refractivity contribution is 0.102. The van der Waals surface area contributed by atoms with Gasteiger partial charge in [-0.1, -0.05) is 11.6 Å². The number of anilines is 2. The van der Waals surface area contributed by atoms with E-state index in [1.54, 1.807) is 36.3 Å². The van der Waals surface area contributed by atoms with Gasteiger partial charge in [-0.15, -0.1) is 0 Å². The van der Waals surface area contributed by atoms with Crippen LogP contribution in [0.1, 0.15) is 10.4 Å². The van der Waals surface area contributed by atoms with Crippen LogP contribution in [0.3, 0.4) is 0 Å². The van der Waals surface area contributed by atoms with Crippen molar-refractivity contribution in [1.82, 2.24) is 4.98 Å². The minimum Gasteiger partial charge on any atom is -0.497 e. The summed E-state index contributed by atoms with van der Waals surface area (Å²) in [6.45, 7) is 0. The van der Waals surface area contributed by atoms with Crippen LogP contribution in [0.5, 0.6) is 11.5 Å². The van der Waals surface area contributed by atoms with Gasteiger partial charge < -0.3 is 19.7 Å². The van der Waals surface area contributed by atoms with Gasteiger partial charge >= 0.3 is 0 Å². The number of nitrogens with zero attached hydrogens (tertiary/aromatic N) is 2. The number of hydrogen-bond donors (Lipinski definition) is 1. The Morgan fingerprint density at radius 3 is 2.52 bits per heavy atom. The number of pyridine rings is 1. The number of ether oxygens (including phenoxy) is 2. The molecule has 0 spiro atoms. The number of carbonyl (C=O) groups is 1. The number of carbonyl (C=O) groups excluding carboxylic acids is 1. The summed E-state index contributed by atoms with van der Waals surface area (Å²) in [5.41, 5.74) is 0.948. The van der Waals surface area contributed by atoms with Crippen LogP contribution in [-0.4, -0.2) is 39.2 Å². The highest BCUT2D eigenvalue weighted by atomic mass is 35.5. The van der Waals surface area contributed by atoms with Crippen molar-refractivity contribution in [3.8, 4) is 11.5 Å². The lowest BCUT2D eigenvalue weighted by Gasteiger charge is -2.14. The molecule has 0 radical (unpaired) electrons. The smallest absolute Gasteiger partial charge is 0.256 e. The Morgan fingerprint density at radius 1 is 1.17 bits per heavy atom. The van der Waals surface area contributed by atoms with Gasteiger partial charge in [0.05, 0.1) is 19.9 Å². The maximum atomic E-state index is 12.5. The van der Waals surface area contributed by atoms with E-state index in [4.69, 9.17) is 21.1 Å². The van der Waals surface area contributed by atoms with Crippen molar-refractivity contribution in [3.05, 3.63) is 41.0 Å². The molecule has 0 fully saturated rings. The number of rotatable bonds is 5. The van der Waals surface area contributed by atoms with Crippen molar-refractivity contribution in [1.29, 1.82) is 0 Å². The number of hydrogen-bond acceptors (Lipinski definition) is 5. The van der Waals surface area contributed by atoms with Gasteiger partial charge in [0.25, 0.3) is 5.91 Å². The molecule has 0 atom stereocenters. The van der Waals surface area contributed by atoms with Crippen LogP contribution in [0.25, 0.3) is 0 Å². The van der Waals surface area contributed by atoms with Gasteiger partial charge in [0.2, 0.25) is 0 Å². The van der Waals surface area contributed by atoms with Gasteiger partial charge in [0, 0.05) is 25.7 Å². The molecular weight excluding hydrogens is 318 g/mol. The third-order valence-corrected chi connectivity index (χ3v) is 3.35. The van der Waals surface area contributed by atoms with E-state index in [1.807, 2.05) is 14.1 Å². The summed E-state index contributed by atoms with van der Waals surface area (Å²) in [6, 6.07) is 8.33. The molecule has 0 aliphatic rings. The molecule has 1 N–H and O–H groups in total. The molecule has 2 rings (SSSR count). The highest BCUT2D eigenvalue weighted by Crippen LogP contribution is 2.29. The molecule has 0 saturated carbocycles. The summed E-state index contributed by atoms with van der Waals surface area (Å²) in [7, 11) is 6.74. The fourth-order valence-corrected chi connectivity index (χ4v) is 2.14. The van der Waals surface area contributed by atoms with Crippen molar-refractivity contribution in [2.75, 3.05) is 38.5 Å². The molecule has 1 aromatic carbocycles. The largest absolute Gasteiger partial charge is 0.497 e. The first kappa shape index (κ1) is 16.9. The van der Waals surface area contributed by atoms with E-state index in [2.05, 4.69) is 10.3 Å². The summed E-state index contributed by atoms with van der Waals surface area (Å²) in [5, 5.41) is 3.05. The SMILES string of the molecule is COc1ccc(NC(=O)c2cc(Cl)nc(N(C)C)c2)c(OC)c1. The van der Waals surface area contributed by atoms with Crippen molar-refractivity contribution in [2.45, 2.75) is 0 Å². The standard InChI is InChI=1S/C16H18ClN3O3/c1-20(2)15-8-10(7-14(17)19-15)16(21)18-12-6-5-11(22-3)9-13(12)23-4/h5-9H,1-4H3,(H,18,21). The van der Waals surface area contributed by atoms with E-state index in [9.17, 15) is 4.79 Å². The van der Waals surface area contributed by atoms with Crippen molar-refractivity contribution < 1.29 is 14.3 Å². The molecule has 0 aliphatic heterocycles. The first-order valence-electron chi connectivity index (χ1n) is 6.83. The molecule has 0 aliphatic carbocycles. The van der Waals surface area contributed by atoms with E-state index in [-0.39, 0.29) is 11.1 Å². The van der Waals surface area contributed by atoms with E-state index >= 15 is 0 Å². The van der Waals surface area contributed by atoms with Gasteiger partial charge in [-0.05, 0) is 24.3 Å². The van der Waals surface area contributed by atoms with Crippen LogP contribution < -0.4 is 19.7 Å². The Morgan fingerprint density at radius 2 is 1.91 bits per heavy atom. The molecule has 7 heteroatoms. The third kappa shape index (κ3) is 4.04. The van der Waals surface area contributed by atoms with Gasteiger partial charge in [-0.25, -0.2) is 4.98 Å². The molecule has 122 valence electrons. The summed E-state index contributed by atoms with van der Waals surface area (Å²) < 4.78 is 10.4. The Balaban J connectivity index is 2.29. The van der Waals surface area contributed by atoms with Crippen molar-refractivity contribution in [3.63, 3.8) is 0 Å². The predicted octanol–water partition coefficient (Wildman–Crippen LogP) is 3.07. The molecule has 23 heavy (non-hydrogen) atoms. The first-order chi connectivity index (χ1) is 10.9. The lowest BCUT2D eigenvalue weighted by atomic mass is 10.2. The molecule has 0 unspecified atom stereocenters. The lowest BCUT2D eigenvalue weighted by Crippen LogP contribution is -2.16. The van der Waals surface area contributed by atoms with Gasteiger partial charge in [-0.3, -0.25) is 4.79 Å². The van der Waals surface area contributed by atoms with Crippen molar-refractivity contribution >= 4 is 29.0 Å². The average molecular weight is 336 g/mol. The summed E-state index contributed by atoms with van der Waals surface area (Å²) in [4.78, 5) is 18.4. The zero-order chi connectivity index (χ0) is 17.0. The quantitative estimate of drug-likeness (QED) is 0.851. The van der Waals surface area contributed by atoms with E-state index < -0.39 is 0 Å². The molecule has 1 heterocycles. The maximum Gasteiger partial charge on any atom is 0.256 e. The maximum absolute atomic E-state index is 12.5. The zero-order valence-electron chi connectivity index (χ0n) is 13.4. The summed E-state index contributed by atoms with van der Waals surface area (Å²) >= 11 is 5.98. The van der Waals surface area contributed by atoms with Gasteiger partial charge in [-0.2, -0.15) is 0 Å². The molecule has 6 nitrogen and oxygen atoms in total. The minimum absolute atomic E-state index is 0.253. The third-order valence-electron chi connectivity index (χ3n) is 3.16. The summed E-state index contributed by atoms with van der Waals surface area (Å²) in [6.07, 6.45) is 0. The second-order valence-electron chi connectivity index (χ2n) is 4.95. The molecule has 0 bridgehead atoms. The van der Waals surface area contributed by atoms with Crippen LogP contribution in [0.2, 0.25) is 5.15 Å². The Labute approximate surface area is 140 Å². The van der Waals surface area contributed by atoms with Gasteiger partial charge in [0.1, 0.15) is 22.5 Å². The number of methoxy groups -OCH3 is 2. The van der Waals surface area contributed by atoms with Crippen LogP contribution in [-0.2, 0) is 0 Å². The Hall–Kier alpha value is -2.47. The minimum atomic E-state index is -0.305. The second-order valence-corrected chi connectivity index (χ2v) is 5.34. The Kier molecular flexibility index (Phi) is 5.28. The van der Waals surface area contributed by atoms with Crippen LogP contribution in [0, 0.1) is 0 Å². The fraction of sp³-hybridized carbons (Fsp3) is 0.250. The van der Waals surface area contributed by atoms with Gasteiger partial charge in [0.15, 0.2) is 0 Å². The number of nitrogens with one attached hydrogen (secondary N) is 1. The van der Waals surface area contributed by atoms with E-state index in [0.717, 1.165) is 0 Å². The number of benzene rings is 1. The molecular formula is C16H18ClN3O3. The van der Waals surface area contributed by atoms with Crippen LogP contribution >= 0.6 is 11.6 Å². The predicted molar refractivity (Wildman–Crippen MR) is 91.1 cm³/mol. The molecule has 0 saturated heterocycles. The second kappa shape index (κ2) is 7.19. The molecule has 1 aromatic heterocycles. The first-order valence-corrected chi connectivity index (χ1v) is 7.20. The number of aromatic nitrogens is 1.